The molecule has 0 fully saturated rings. The summed E-state index contributed by atoms with van der Waals surface area (Å²) >= 11 is 0. The molecule has 1 unspecified atom stereocenters. The SMILES string of the molecule is CC(C)Oc1ccc(C(=O)C(N)Cc2ccccc2)cc1. The van der Waals surface area contributed by atoms with Gasteiger partial charge in [-0.3, -0.25) is 4.79 Å². The van der Waals surface area contributed by atoms with Gasteiger partial charge in [-0.05, 0) is 50.1 Å². The van der Waals surface area contributed by atoms with E-state index in [1.165, 1.54) is 0 Å². The highest BCUT2D eigenvalue weighted by molar-refractivity contribution is 6.00. The van der Waals surface area contributed by atoms with Crippen molar-refractivity contribution in [3.8, 4) is 5.75 Å². The Hall–Kier alpha value is -2.13. The van der Waals surface area contributed by atoms with Crippen LogP contribution in [0.3, 0.4) is 0 Å². The van der Waals surface area contributed by atoms with Gasteiger partial charge in [0.1, 0.15) is 5.75 Å². The molecule has 0 amide bonds. The number of carbonyl (C=O) groups excluding carboxylic acids is 1. The first-order valence-electron chi connectivity index (χ1n) is 7.16. The number of hydrogen-bond acceptors (Lipinski definition) is 3. The fourth-order valence-electron chi connectivity index (χ4n) is 2.14. The van der Waals surface area contributed by atoms with Gasteiger partial charge >= 0.3 is 0 Å². The fourth-order valence-corrected chi connectivity index (χ4v) is 2.14. The van der Waals surface area contributed by atoms with Gasteiger partial charge in [0, 0.05) is 5.56 Å². The highest BCUT2D eigenvalue weighted by Crippen LogP contribution is 2.15. The Morgan fingerprint density at radius 1 is 1.05 bits per heavy atom. The first kappa shape index (κ1) is 15.3. The van der Waals surface area contributed by atoms with Gasteiger partial charge in [0.25, 0.3) is 0 Å². The van der Waals surface area contributed by atoms with Crippen molar-refractivity contribution in [2.45, 2.75) is 32.4 Å². The molecule has 0 heterocycles. The van der Waals surface area contributed by atoms with Crippen molar-refractivity contribution < 1.29 is 9.53 Å². The first-order chi connectivity index (χ1) is 10.1. The van der Waals surface area contributed by atoms with Gasteiger partial charge in [0.15, 0.2) is 5.78 Å². The van der Waals surface area contributed by atoms with E-state index in [1.807, 2.05) is 56.3 Å². The van der Waals surface area contributed by atoms with E-state index in [-0.39, 0.29) is 11.9 Å². The molecule has 2 aromatic carbocycles. The summed E-state index contributed by atoms with van der Waals surface area (Å²) in [5, 5.41) is 0. The summed E-state index contributed by atoms with van der Waals surface area (Å²) in [5.41, 5.74) is 7.71. The van der Waals surface area contributed by atoms with Crippen LogP contribution in [0.1, 0.15) is 29.8 Å². The summed E-state index contributed by atoms with van der Waals surface area (Å²) < 4.78 is 5.56. The molecular formula is C18H21NO2. The smallest absolute Gasteiger partial charge is 0.179 e. The lowest BCUT2D eigenvalue weighted by atomic mass is 9.98. The van der Waals surface area contributed by atoms with Crippen molar-refractivity contribution >= 4 is 5.78 Å². The van der Waals surface area contributed by atoms with Crippen molar-refractivity contribution in [2.24, 2.45) is 5.73 Å². The van der Waals surface area contributed by atoms with Gasteiger partial charge in [-0.25, -0.2) is 0 Å². The molecule has 21 heavy (non-hydrogen) atoms. The molecule has 2 rings (SSSR count). The maximum absolute atomic E-state index is 12.3. The number of hydrogen-bond donors (Lipinski definition) is 1. The number of nitrogens with two attached hydrogens (primary N) is 1. The van der Waals surface area contributed by atoms with Crippen LogP contribution in [-0.2, 0) is 6.42 Å². The lowest BCUT2D eigenvalue weighted by Crippen LogP contribution is -2.32. The second kappa shape index (κ2) is 7.04. The lowest BCUT2D eigenvalue weighted by Gasteiger charge is -2.12. The van der Waals surface area contributed by atoms with Crippen molar-refractivity contribution in [1.82, 2.24) is 0 Å². The van der Waals surface area contributed by atoms with Crippen LogP contribution in [-0.4, -0.2) is 17.9 Å². The standard InChI is InChI=1S/C18H21NO2/c1-13(2)21-16-10-8-15(9-11-16)18(20)17(19)12-14-6-4-3-5-7-14/h3-11,13,17H,12,19H2,1-2H3. The van der Waals surface area contributed by atoms with E-state index >= 15 is 0 Å². The number of benzene rings is 2. The quantitative estimate of drug-likeness (QED) is 0.828. The predicted octanol–water partition coefficient (Wildman–Crippen LogP) is 3.23. The zero-order valence-electron chi connectivity index (χ0n) is 12.5. The van der Waals surface area contributed by atoms with Crippen LogP contribution in [0.4, 0.5) is 0 Å². The summed E-state index contributed by atoms with van der Waals surface area (Å²) in [7, 11) is 0. The van der Waals surface area contributed by atoms with Crippen molar-refractivity contribution in [2.75, 3.05) is 0 Å². The Balaban J connectivity index is 2.02. The lowest BCUT2D eigenvalue weighted by molar-refractivity contribution is 0.0961. The van der Waals surface area contributed by atoms with Crippen LogP contribution in [0.15, 0.2) is 54.6 Å². The van der Waals surface area contributed by atoms with E-state index in [0.29, 0.717) is 12.0 Å². The molecule has 2 aromatic rings. The van der Waals surface area contributed by atoms with Crippen molar-refractivity contribution in [1.29, 1.82) is 0 Å². The Morgan fingerprint density at radius 3 is 2.24 bits per heavy atom. The Labute approximate surface area is 125 Å². The highest BCUT2D eigenvalue weighted by Gasteiger charge is 2.16. The van der Waals surface area contributed by atoms with Crippen LogP contribution in [0.25, 0.3) is 0 Å². The number of rotatable bonds is 6. The van der Waals surface area contributed by atoms with Gasteiger partial charge in [-0.2, -0.15) is 0 Å². The molecule has 0 spiro atoms. The topological polar surface area (TPSA) is 52.3 Å². The van der Waals surface area contributed by atoms with E-state index < -0.39 is 6.04 Å². The van der Waals surface area contributed by atoms with Crippen molar-refractivity contribution in [3.05, 3.63) is 65.7 Å². The molecule has 110 valence electrons. The predicted molar refractivity (Wildman–Crippen MR) is 84.7 cm³/mol. The van der Waals surface area contributed by atoms with Gasteiger partial charge in [-0.1, -0.05) is 30.3 Å². The number of Topliss-reactive ketones (excluding diaryl/α,β-unsaturated/α-hetero) is 1. The van der Waals surface area contributed by atoms with E-state index in [1.54, 1.807) is 12.1 Å². The minimum absolute atomic E-state index is 0.0463. The van der Waals surface area contributed by atoms with E-state index in [0.717, 1.165) is 11.3 Å². The molecule has 3 heteroatoms. The summed E-state index contributed by atoms with van der Waals surface area (Å²) in [6, 6.07) is 16.4. The highest BCUT2D eigenvalue weighted by atomic mass is 16.5. The summed E-state index contributed by atoms with van der Waals surface area (Å²) in [6.07, 6.45) is 0.663. The fraction of sp³-hybridized carbons (Fsp3) is 0.278. The minimum Gasteiger partial charge on any atom is -0.491 e. The molecular weight excluding hydrogens is 262 g/mol. The molecule has 0 radical (unpaired) electrons. The van der Waals surface area contributed by atoms with E-state index in [9.17, 15) is 4.79 Å². The Morgan fingerprint density at radius 2 is 1.67 bits per heavy atom. The average molecular weight is 283 g/mol. The third kappa shape index (κ3) is 4.43. The maximum atomic E-state index is 12.3. The molecule has 0 aromatic heterocycles. The largest absolute Gasteiger partial charge is 0.491 e. The van der Waals surface area contributed by atoms with E-state index in [4.69, 9.17) is 10.5 Å². The zero-order valence-corrected chi connectivity index (χ0v) is 12.5. The molecule has 0 aliphatic heterocycles. The molecule has 0 saturated carbocycles. The van der Waals surface area contributed by atoms with Crippen molar-refractivity contribution in [3.63, 3.8) is 0 Å². The van der Waals surface area contributed by atoms with Gasteiger partial charge in [0.05, 0.1) is 12.1 Å². The van der Waals surface area contributed by atoms with Crippen LogP contribution >= 0.6 is 0 Å². The number of ether oxygens (including phenoxy) is 1. The summed E-state index contributed by atoms with van der Waals surface area (Å²) in [5.74, 6) is 0.716. The van der Waals surface area contributed by atoms with Crippen LogP contribution < -0.4 is 10.5 Å². The molecule has 1 atom stereocenters. The minimum atomic E-state index is -0.524. The second-order valence-corrected chi connectivity index (χ2v) is 5.35. The van der Waals surface area contributed by atoms with Crippen LogP contribution in [0, 0.1) is 0 Å². The summed E-state index contributed by atoms with van der Waals surface area (Å²) in [6.45, 7) is 3.93. The third-order valence-corrected chi connectivity index (χ3v) is 3.15. The van der Waals surface area contributed by atoms with Gasteiger partial charge < -0.3 is 10.5 Å². The third-order valence-electron chi connectivity index (χ3n) is 3.15. The molecule has 0 bridgehead atoms. The molecule has 3 nitrogen and oxygen atoms in total. The molecule has 2 N–H and O–H groups in total. The molecule has 0 saturated heterocycles. The first-order valence-corrected chi connectivity index (χ1v) is 7.16. The Bertz CT molecular complexity index is 576. The average Bonchev–Trinajstić information content (AvgIpc) is 2.47. The van der Waals surface area contributed by atoms with Gasteiger partial charge in [0.2, 0.25) is 0 Å². The maximum Gasteiger partial charge on any atom is 0.179 e. The number of carbonyl (C=O) groups is 1. The second-order valence-electron chi connectivity index (χ2n) is 5.35. The Kier molecular flexibility index (Phi) is 5.12. The summed E-state index contributed by atoms with van der Waals surface area (Å²) in [4.78, 5) is 12.3. The normalized spacial score (nSPS) is 12.2. The monoisotopic (exact) mass is 283 g/mol. The zero-order chi connectivity index (χ0) is 15.2. The molecule has 0 aliphatic carbocycles. The molecule has 0 aliphatic rings. The van der Waals surface area contributed by atoms with Gasteiger partial charge in [-0.15, -0.1) is 0 Å². The number of ketones is 1. The van der Waals surface area contributed by atoms with E-state index in [2.05, 4.69) is 0 Å². The van der Waals surface area contributed by atoms with Crippen LogP contribution in [0.2, 0.25) is 0 Å². The van der Waals surface area contributed by atoms with Crippen LogP contribution in [0.5, 0.6) is 5.75 Å².